The molecule has 0 radical (unpaired) electrons. The molecule has 0 saturated carbocycles. The van der Waals surface area contributed by atoms with E-state index in [9.17, 15) is 13.2 Å². The maximum Gasteiger partial charge on any atom is 0.416 e. The van der Waals surface area contributed by atoms with Gasteiger partial charge in [0.2, 0.25) is 0 Å². The van der Waals surface area contributed by atoms with E-state index < -0.39 is 17.3 Å². The number of aliphatic imine (C=N–C) groups is 1. The maximum atomic E-state index is 13.5. The molecule has 0 aliphatic heterocycles. The molecule has 7 nitrogen and oxygen atoms in total. The molecule has 1 aromatic carbocycles. The number of hydrogen-bond donors (Lipinski definition) is 2. The summed E-state index contributed by atoms with van der Waals surface area (Å²) in [6, 6.07) is 3.98. The lowest BCUT2D eigenvalue weighted by Gasteiger charge is -2.23. The molecule has 2 aromatic rings. The van der Waals surface area contributed by atoms with Gasteiger partial charge in [0.25, 0.3) is 0 Å². The first-order valence-electron chi connectivity index (χ1n) is 9.24. The predicted octanol–water partition coefficient (Wildman–Crippen LogP) is 3.98. The molecule has 0 aliphatic carbocycles. The third-order valence-corrected chi connectivity index (χ3v) is 3.93. The van der Waals surface area contributed by atoms with Crippen LogP contribution in [-0.2, 0) is 25.8 Å². The Bertz CT molecular complexity index is 846. The van der Waals surface area contributed by atoms with Crippen molar-refractivity contribution >= 4 is 29.9 Å². The fraction of sp³-hybridized carbons (Fsp3) is 0.526. The Labute approximate surface area is 191 Å². The molecule has 1 heterocycles. The summed E-state index contributed by atoms with van der Waals surface area (Å²) in [5, 5.41) is 13.8. The van der Waals surface area contributed by atoms with Crippen LogP contribution in [0.5, 0.6) is 5.75 Å². The molecule has 0 fully saturated rings. The molecule has 0 amide bonds. The SMILES string of the molecule is CCn1cnnc1CNC(=NC)NCc1ccc(OC(C)(C)C)cc1C(F)(F)F.I. The predicted molar refractivity (Wildman–Crippen MR) is 120 cm³/mol. The first-order valence-corrected chi connectivity index (χ1v) is 9.24. The Kier molecular flexibility index (Phi) is 9.37. The van der Waals surface area contributed by atoms with Gasteiger partial charge in [0.15, 0.2) is 11.8 Å². The number of benzene rings is 1. The van der Waals surface area contributed by atoms with Crippen LogP contribution >= 0.6 is 24.0 Å². The van der Waals surface area contributed by atoms with Crippen molar-refractivity contribution in [2.75, 3.05) is 7.05 Å². The Hall–Kier alpha value is -2.05. The number of hydrogen-bond acceptors (Lipinski definition) is 4. The van der Waals surface area contributed by atoms with Crippen molar-refractivity contribution in [1.82, 2.24) is 25.4 Å². The monoisotopic (exact) mass is 540 g/mol. The fourth-order valence-corrected chi connectivity index (χ4v) is 2.63. The minimum Gasteiger partial charge on any atom is -0.488 e. The van der Waals surface area contributed by atoms with Crippen LogP contribution in [0, 0.1) is 0 Å². The zero-order valence-electron chi connectivity index (χ0n) is 17.7. The Balaban J connectivity index is 0.00000450. The molecule has 30 heavy (non-hydrogen) atoms. The van der Waals surface area contributed by atoms with E-state index >= 15 is 0 Å². The van der Waals surface area contributed by atoms with Gasteiger partial charge in [-0.2, -0.15) is 13.2 Å². The van der Waals surface area contributed by atoms with Gasteiger partial charge >= 0.3 is 6.18 Å². The number of halogens is 4. The smallest absolute Gasteiger partial charge is 0.416 e. The summed E-state index contributed by atoms with van der Waals surface area (Å²) in [7, 11) is 1.55. The largest absolute Gasteiger partial charge is 0.488 e. The van der Waals surface area contributed by atoms with E-state index in [0.29, 0.717) is 24.9 Å². The quantitative estimate of drug-likeness (QED) is 0.330. The normalized spacial score (nSPS) is 12.3. The number of ether oxygens (including phenoxy) is 1. The van der Waals surface area contributed by atoms with Gasteiger partial charge in [-0.15, -0.1) is 34.2 Å². The second kappa shape index (κ2) is 10.8. The summed E-state index contributed by atoms with van der Waals surface area (Å²) in [5.41, 5.74) is -1.24. The van der Waals surface area contributed by atoms with Crippen LogP contribution in [-0.4, -0.2) is 33.4 Å². The number of nitrogens with one attached hydrogen (secondary N) is 2. The summed E-state index contributed by atoms with van der Waals surface area (Å²) in [5.74, 6) is 1.24. The first-order chi connectivity index (χ1) is 13.5. The number of rotatable bonds is 6. The summed E-state index contributed by atoms with van der Waals surface area (Å²) >= 11 is 0. The lowest BCUT2D eigenvalue weighted by Crippen LogP contribution is -2.37. The molecule has 0 unspecified atom stereocenters. The molecule has 0 bridgehead atoms. The first kappa shape index (κ1) is 26.0. The van der Waals surface area contributed by atoms with Crippen LogP contribution in [0.15, 0.2) is 29.5 Å². The highest BCUT2D eigenvalue weighted by Gasteiger charge is 2.34. The highest BCUT2D eigenvalue weighted by Crippen LogP contribution is 2.35. The van der Waals surface area contributed by atoms with E-state index in [0.717, 1.165) is 6.07 Å². The molecule has 168 valence electrons. The van der Waals surface area contributed by atoms with Crippen molar-refractivity contribution in [3.05, 3.63) is 41.5 Å². The van der Waals surface area contributed by atoms with Crippen LogP contribution in [0.2, 0.25) is 0 Å². The molecular formula is C19H28F3IN6O. The minimum atomic E-state index is -4.50. The third kappa shape index (κ3) is 7.65. The molecule has 0 atom stereocenters. The average molecular weight is 540 g/mol. The van der Waals surface area contributed by atoms with Crippen molar-refractivity contribution in [3.8, 4) is 5.75 Å². The summed E-state index contributed by atoms with van der Waals surface area (Å²) in [4.78, 5) is 4.05. The van der Waals surface area contributed by atoms with Gasteiger partial charge in [0.1, 0.15) is 17.7 Å². The fourth-order valence-electron chi connectivity index (χ4n) is 2.63. The molecule has 0 saturated heterocycles. The highest BCUT2D eigenvalue weighted by atomic mass is 127. The van der Waals surface area contributed by atoms with Crippen molar-refractivity contribution in [3.63, 3.8) is 0 Å². The van der Waals surface area contributed by atoms with Crippen LogP contribution in [0.25, 0.3) is 0 Å². The molecular weight excluding hydrogens is 512 g/mol. The topological polar surface area (TPSA) is 76.4 Å². The summed E-state index contributed by atoms with van der Waals surface area (Å²) in [6.07, 6.45) is -2.88. The zero-order valence-corrected chi connectivity index (χ0v) is 20.0. The second-order valence-corrected chi connectivity index (χ2v) is 7.34. The van der Waals surface area contributed by atoms with Gasteiger partial charge < -0.3 is 19.9 Å². The molecule has 0 aliphatic rings. The van der Waals surface area contributed by atoms with Crippen LogP contribution < -0.4 is 15.4 Å². The van der Waals surface area contributed by atoms with Crippen molar-refractivity contribution in [1.29, 1.82) is 0 Å². The van der Waals surface area contributed by atoms with Crippen LogP contribution in [0.4, 0.5) is 13.2 Å². The highest BCUT2D eigenvalue weighted by molar-refractivity contribution is 14.0. The Morgan fingerprint density at radius 2 is 1.83 bits per heavy atom. The van der Waals surface area contributed by atoms with Crippen molar-refractivity contribution < 1.29 is 17.9 Å². The van der Waals surface area contributed by atoms with Gasteiger partial charge in [-0.25, -0.2) is 0 Å². The lowest BCUT2D eigenvalue weighted by atomic mass is 10.1. The Morgan fingerprint density at radius 3 is 2.40 bits per heavy atom. The van der Waals surface area contributed by atoms with E-state index in [4.69, 9.17) is 4.74 Å². The zero-order chi connectivity index (χ0) is 21.7. The van der Waals surface area contributed by atoms with E-state index in [1.165, 1.54) is 12.1 Å². The standard InChI is InChI=1S/C19H27F3N6O.HI/c1-6-28-12-26-27-16(28)11-25-17(23-5)24-10-13-7-8-14(29-18(2,3)4)9-15(13)19(20,21)22;/h7-9,12H,6,10-11H2,1-5H3,(H2,23,24,25);1H. The molecule has 1 aromatic heterocycles. The second-order valence-electron chi connectivity index (χ2n) is 7.34. The van der Waals surface area contributed by atoms with Crippen LogP contribution in [0.3, 0.4) is 0 Å². The summed E-state index contributed by atoms with van der Waals surface area (Å²) in [6.45, 7) is 8.32. The molecule has 11 heteroatoms. The minimum absolute atomic E-state index is 0. The van der Waals surface area contributed by atoms with Crippen LogP contribution in [0.1, 0.15) is 44.6 Å². The number of guanidine groups is 1. The third-order valence-electron chi connectivity index (χ3n) is 3.93. The van der Waals surface area contributed by atoms with E-state index in [1.54, 1.807) is 34.1 Å². The number of nitrogens with zero attached hydrogens (tertiary/aromatic N) is 4. The van der Waals surface area contributed by atoms with Gasteiger partial charge in [-0.3, -0.25) is 4.99 Å². The number of aromatic nitrogens is 3. The van der Waals surface area contributed by atoms with Gasteiger partial charge in [0.05, 0.1) is 12.1 Å². The molecule has 2 N–H and O–H groups in total. The summed E-state index contributed by atoms with van der Waals surface area (Å²) < 4.78 is 48.0. The van der Waals surface area contributed by atoms with Crippen molar-refractivity contribution in [2.24, 2.45) is 4.99 Å². The maximum absolute atomic E-state index is 13.5. The van der Waals surface area contributed by atoms with E-state index in [-0.39, 0.29) is 41.8 Å². The molecule has 2 rings (SSSR count). The van der Waals surface area contributed by atoms with Gasteiger partial charge in [-0.05, 0) is 45.4 Å². The molecule has 0 spiro atoms. The number of aryl methyl sites for hydroxylation is 1. The van der Waals surface area contributed by atoms with Crippen molar-refractivity contribution in [2.45, 2.75) is 59.1 Å². The van der Waals surface area contributed by atoms with E-state index in [2.05, 4.69) is 25.8 Å². The number of alkyl halides is 3. The Morgan fingerprint density at radius 1 is 1.17 bits per heavy atom. The average Bonchev–Trinajstić information content (AvgIpc) is 3.08. The van der Waals surface area contributed by atoms with E-state index in [1.807, 2.05) is 11.5 Å². The van der Waals surface area contributed by atoms with Gasteiger partial charge in [-0.1, -0.05) is 6.07 Å². The van der Waals surface area contributed by atoms with Gasteiger partial charge in [0, 0.05) is 20.1 Å². The lowest BCUT2D eigenvalue weighted by molar-refractivity contribution is -0.138.